The van der Waals surface area contributed by atoms with E-state index < -0.39 is 11.8 Å². The second-order valence-electron chi connectivity index (χ2n) is 12.8. The predicted octanol–water partition coefficient (Wildman–Crippen LogP) is 6.89. The van der Waals surface area contributed by atoms with E-state index in [4.69, 9.17) is 26.2 Å². The van der Waals surface area contributed by atoms with Gasteiger partial charge >= 0.3 is 6.09 Å². The number of imidazole rings is 1. The van der Waals surface area contributed by atoms with Crippen LogP contribution in [0.3, 0.4) is 0 Å². The minimum atomic E-state index is -0.639. The van der Waals surface area contributed by atoms with Crippen molar-refractivity contribution in [2.75, 3.05) is 26.2 Å². The first-order valence-corrected chi connectivity index (χ1v) is 16.9. The van der Waals surface area contributed by atoms with Gasteiger partial charge in [-0.25, -0.2) is 9.78 Å². The van der Waals surface area contributed by atoms with Crippen molar-refractivity contribution in [3.8, 4) is 0 Å². The first-order chi connectivity index (χ1) is 22.1. The maximum atomic E-state index is 13.7. The number of piperazine rings is 1. The Morgan fingerprint density at radius 1 is 1.09 bits per heavy atom. The molecule has 6 rings (SSSR count). The van der Waals surface area contributed by atoms with E-state index in [-0.39, 0.29) is 12.1 Å². The number of nitrogens with zero attached hydrogens (tertiary/aromatic N) is 6. The second-order valence-corrected chi connectivity index (χ2v) is 14.2. The molecule has 2 aromatic carbocycles. The minimum absolute atomic E-state index is 0.127. The number of hydrogen-bond donors (Lipinski definition) is 0. The molecule has 46 heavy (non-hydrogen) atoms. The molecule has 1 amide bonds. The van der Waals surface area contributed by atoms with Gasteiger partial charge in [0.15, 0.2) is 6.23 Å². The molecule has 1 aliphatic heterocycles. The van der Waals surface area contributed by atoms with Crippen molar-refractivity contribution in [2.45, 2.75) is 64.6 Å². The van der Waals surface area contributed by atoms with Crippen molar-refractivity contribution in [3.63, 3.8) is 0 Å². The maximum Gasteiger partial charge on any atom is 0.412 e. The molecule has 2 atom stereocenters. The summed E-state index contributed by atoms with van der Waals surface area (Å²) in [5.74, 6) is 0. The standard InChI is InChI=1S/C35H40BrClN6O3/c1-35(2,3)45-34(44)43-18-16-41(33-30-12-11-29(37)20-26(30)9-10-27-19-28(36)21-39-32(27)33)23-31(43)46-42(17-15-40-14-13-38-24-40)22-25-7-5-4-6-8-25/h4-8,11-14,19-21,24,31,33H,9-10,15-18,22-23H2,1-3H3/t31-,33?/m0/s1. The van der Waals surface area contributed by atoms with Crippen LogP contribution in [-0.4, -0.2) is 73.5 Å². The number of rotatable bonds is 8. The molecule has 0 radical (unpaired) electrons. The van der Waals surface area contributed by atoms with Crippen molar-refractivity contribution in [1.29, 1.82) is 0 Å². The van der Waals surface area contributed by atoms with Crippen molar-refractivity contribution in [2.24, 2.45) is 0 Å². The van der Waals surface area contributed by atoms with E-state index in [0.29, 0.717) is 39.3 Å². The number of hydrogen-bond acceptors (Lipinski definition) is 7. The number of carbonyl (C=O) groups is 1. The van der Waals surface area contributed by atoms with Gasteiger partial charge in [0.05, 0.1) is 18.1 Å². The van der Waals surface area contributed by atoms with Crippen LogP contribution < -0.4 is 0 Å². The van der Waals surface area contributed by atoms with E-state index in [1.54, 1.807) is 17.4 Å². The van der Waals surface area contributed by atoms with Gasteiger partial charge in [-0.1, -0.05) is 48.0 Å². The number of benzene rings is 2. The Bertz CT molecular complexity index is 1580. The Hall–Kier alpha value is -3.28. The third kappa shape index (κ3) is 7.98. The highest BCUT2D eigenvalue weighted by molar-refractivity contribution is 9.10. The lowest BCUT2D eigenvalue weighted by Crippen LogP contribution is -2.59. The lowest BCUT2D eigenvalue weighted by molar-refractivity contribution is -0.254. The van der Waals surface area contributed by atoms with Gasteiger partial charge < -0.3 is 9.30 Å². The zero-order chi connectivity index (χ0) is 32.3. The molecule has 1 saturated heterocycles. The Morgan fingerprint density at radius 2 is 1.89 bits per heavy atom. The first kappa shape index (κ1) is 32.7. The monoisotopic (exact) mass is 706 g/mol. The molecule has 0 bridgehead atoms. The molecule has 9 nitrogen and oxygen atoms in total. The quantitative estimate of drug-likeness (QED) is 0.185. The molecule has 2 aliphatic rings. The Kier molecular flexibility index (Phi) is 10.1. The smallest absolute Gasteiger partial charge is 0.412 e. The normalized spacial score (nSPS) is 18.6. The van der Waals surface area contributed by atoms with Crippen LogP contribution >= 0.6 is 27.5 Å². The van der Waals surface area contributed by atoms with Crippen molar-refractivity contribution < 1.29 is 14.4 Å². The summed E-state index contributed by atoms with van der Waals surface area (Å²) >= 11 is 10.1. The topological polar surface area (TPSA) is 76.0 Å². The summed E-state index contributed by atoms with van der Waals surface area (Å²) in [5, 5.41) is 2.67. The van der Waals surface area contributed by atoms with Gasteiger partial charge in [-0.05, 0) is 90.0 Å². The summed E-state index contributed by atoms with van der Waals surface area (Å²) in [6, 6.07) is 18.4. The number of aromatic nitrogens is 3. The Labute approximate surface area is 284 Å². The minimum Gasteiger partial charge on any atom is -0.444 e. The van der Waals surface area contributed by atoms with Gasteiger partial charge in [-0.15, -0.1) is 0 Å². The molecule has 1 unspecified atom stereocenters. The van der Waals surface area contributed by atoms with Crippen molar-refractivity contribution >= 4 is 33.6 Å². The van der Waals surface area contributed by atoms with Crippen LogP contribution in [0.1, 0.15) is 54.8 Å². The summed E-state index contributed by atoms with van der Waals surface area (Å²) in [4.78, 5) is 33.8. The van der Waals surface area contributed by atoms with Crippen molar-refractivity contribution in [1.82, 2.24) is 29.4 Å². The number of fused-ring (bicyclic) bond motifs is 2. The molecule has 3 heterocycles. The molecular formula is C35H40BrClN6O3. The Morgan fingerprint density at radius 3 is 2.65 bits per heavy atom. The van der Waals surface area contributed by atoms with Gasteiger partial charge in [0.1, 0.15) is 5.60 Å². The van der Waals surface area contributed by atoms with E-state index in [2.05, 4.69) is 56.1 Å². The van der Waals surface area contributed by atoms with Gasteiger partial charge in [0.2, 0.25) is 0 Å². The van der Waals surface area contributed by atoms with E-state index >= 15 is 0 Å². The molecule has 11 heteroatoms. The highest BCUT2D eigenvalue weighted by atomic mass is 79.9. The highest BCUT2D eigenvalue weighted by Crippen LogP contribution is 2.39. The van der Waals surface area contributed by atoms with Crippen LogP contribution in [0.2, 0.25) is 5.02 Å². The molecule has 4 aromatic rings. The first-order valence-electron chi connectivity index (χ1n) is 15.7. The predicted molar refractivity (Wildman–Crippen MR) is 181 cm³/mol. The molecule has 0 spiro atoms. The lowest BCUT2D eigenvalue weighted by Gasteiger charge is -2.45. The fourth-order valence-corrected chi connectivity index (χ4v) is 6.75. The third-order valence-electron chi connectivity index (χ3n) is 8.29. The zero-order valence-electron chi connectivity index (χ0n) is 26.5. The lowest BCUT2D eigenvalue weighted by atomic mass is 9.96. The number of pyridine rings is 1. The van der Waals surface area contributed by atoms with Gasteiger partial charge in [-0.3, -0.25) is 19.6 Å². The fraction of sp³-hybridized carbons (Fsp3) is 0.400. The summed E-state index contributed by atoms with van der Waals surface area (Å²) in [6.45, 7) is 9.00. The largest absolute Gasteiger partial charge is 0.444 e. The van der Waals surface area contributed by atoms with Crippen LogP contribution in [0.4, 0.5) is 4.79 Å². The molecule has 2 aromatic heterocycles. The zero-order valence-corrected chi connectivity index (χ0v) is 28.8. The number of amides is 1. The summed E-state index contributed by atoms with van der Waals surface area (Å²) in [7, 11) is 0. The number of hydroxylamine groups is 2. The van der Waals surface area contributed by atoms with Gasteiger partial charge in [0.25, 0.3) is 0 Å². The SMILES string of the molecule is CC(C)(C)OC(=O)N1CCN(C2c3ccc(Cl)cc3CCc3cc(Br)cnc32)C[C@@H]1ON(CCn1ccnc1)Cc1ccccc1. The average molecular weight is 708 g/mol. The summed E-state index contributed by atoms with van der Waals surface area (Å²) in [6.07, 6.45) is 8.12. The van der Waals surface area contributed by atoms with E-state index in [1.165, 1.54) is 16.7 Å². The van der Waals surface area contributed by atoms with E-state index in [1.807, 2.05) is 67.1 Å². The highest BCUT2D eigenvalue weighted by Gasteiger charge is 2.40. The average Bonchev–Trinajstić information content (AvgIpc) is 3.49. The number of carbonyl (C=O) groups excluding carboxylic acids is 1. The molecule has 0 N–H and O–H groups in total. The molecule has 1 aliphatic carbocycles. The van der Waals surface area contributed by atoms with Crippen LogP contribution in [0, 0.1) is 0 Å². The summed E-state index contributed by atoms with van der Waals surface area (Å²) in [5.41, 5.74) is 5.09. The van der Waals surface area contributed by atoms with Crippen LogP contribution in [0.5, 0.6) is 0 Å². The van der Waals surface area contributed by atoms with Crippen molar-refractivity contribution in [3.05, 3.63) is 117 Å². The van der Waals surface area contributed by atoms with E-state index in [0.717, 1.165) is 33.6 Å². The van der Waals surface area contributed by atoms with Crippen LogP contribution in [0.15, 0.2) is 84.0 Å². The third-order valence-corrected chi connectivity index (χ3v) is 8.96. The molecular weight excluding hydrogens is 668 g/mol. The number of halogens is 2. The number of ether oxygens (including phenoxy) is 1. The summed E-state index contributed by atoms with van der Waals surface area (Å²) < 4.78 is 8.87. The van der Waals surface area contributed by atoms with Gasteiger partial charge in [0, 0.05) is 67.4 Å². The maximum absolute atomic E-state index is 13.7. The molecule has 1 fully saturated rings. The van der Waals surface area contributed by atoms with Crippen LogP contribution in [-0.2, 0) is 35.5 Å². The second kappa shape index (κ2) is 14.2. The Balaban J connectivity index is 1.34. The van der Waals surface area contributed by atoms with Crippen LogP contribution in [0.25, 0.3) is 0 Å². The van der Waals surface area contributed by atoms with Gasteiger partial charge in [-0.2, -0.15) is 5.06 Å². The molecule has 0 saturated carbocycles. The fourth-order valence-electron chi connectivity index (χ4n) is 6.18. The number of aryl methyl sites for hydroxylation is 2. The van der Waals surface area contributed by atoms with E-state index in [9.17, 15) is 4.79 Å². The molecule has 242 valence electrons.